The molecule has 9 nitrogen and oxygen atoms in total. The van der Waals surface area contributed by atoms with Crippen LogP contribution < -0.4 is 5.32 Å². The molecule has 0 radical (unpaired) electrons. The van der Waals surface area contributed by atoms with Crippen LogP contribution in [0.15, 0.2) is 12.3 Å². The summed E-state index contributed by atoms with van der Waals surface area (Å²) in [6, 6.07) is 1.19. The SMILES string of the molecule is CCC1CCC(NC(=O)Cn2ccc([N+](=O)[O-])n2)(C(=O)O)CC1. The predicted molar refractivity (Wildman–Crippen MR) is 79.6 cm³/mol. The number of rotatable bonds is 6. The Kier molecular flexibility index (Phi) is 4.97. The molecule has 0 unspecified atom stereocenters. The number of carboxylic acid groups (broad SMARTS) is 1. The minimum Gasteiger partial charge on any atom is -0.480 e. The van der Waals surface area contributed by atoms with E-state index >= 15 is 0 Å². The van der Waals surface area contributed by atoms with Gasteiger partial charge in [0.05, 0.1) is 17.4 Å². The summed E-state index contributed by atoms with van der Waals surface area (Å²) in [7, 11) is 0. The fraction of sp³-hybridized carbons (Fsp3) is 0.643. The molecule has 2 rings (SSSR count). The van der Waals surface area contributed by atoms with Gasteiger partial charge in [-0.15, -0.1) is 0 Å². The molecule has 1 amide bonds. The summed E-state index contributed by atoms with van der Waals surface area (Å²) in [6.45, 7) is 1.82. The first-order chi connectivity index (χ1) is 10.9. The molecule has 1 aliphatic carbocycles. The summed E-state index contributed by atoms with van der Waals surface area (Å²) in [5.41, 5.74) is -1.25. The van der Waals surface area contributed by atoms with E-state index in [2.05, 4.69) is 17.3 Å². The monoisotopic (exact) mass is 324 g/mol. The van der Waals surface area contributed by atoms with Gasteiger partial charge in [-0.25, -0.2) is 4.79 Å². The van der Waals surface area contributed by atoms with Gasteiger partial charge >= 0.3 is 11.8 Å². The maximum absolute atomic E-state index is 12.1. The van der Waals surface area contributed by atoms with E-state index in [1.54, 1.807) is 0 Å². The molecule has 23 heavy (non-hydrogen) atoms. The van der Waals surface area contributed by atoms with E-state index < -0.39 is 22.3 Å². The van der Waals surface area contributed by atoms with E-state index in [4.69, 9.17) is 0 Å². The van der Waals surface area contributed by atoms with Crippen molar-refractivity contribution >= 4 is 17.7 Å². The van der Waals surface area contributed by atoms with Crippen molar-refractivity contribution < 1.29 is 19.6 Å². The molecular weight excluding hydrogens is 304 g/mol. The van der Waals surface area contributed by atoms with Crippen molar-refractivity contribution in [3.8, 4) is 0 Å². The normalized spacial score (nSPS) is 24.1. The Morgan fingerprint density at radius 3 is 2.65 bits per heavy atom. The average Bonchev–Trinajstić information content (AvgIpc) is 2.96. The van der Waals surface area contributed by atoms with Crippen LogP contribution in [0, 0.1) is 16.0 Å². The highest BCUT2D eigenvalue weighted by molar-refractivity contribution is 5.87. The molecule has 0 spiro atoms. The Morgan fingerprint density at radius 2 is 2.17 bits per heavy atom. The number of carbonyl (C=O) groups is 2. The van der Waals surface area contributed by atoms with Gasteiger partial charge in [-0.05, 0) is 36.5 Å². The molecule has 0 aromatic carbocycles. The maximum atomic E-state index is 12.1. The Morgan fingerprint density at radius 1 is 1.52 bits per heavy atom. The third-order valence-corrected chi connectivity index (χ3v) is 4.44. The third-order valence-electron chi connectivity index (χ3n) is 4.44. The number of amides is 1. The molecule has 0 saturated heterocycles. The molecule has 1 aromatic heterocycles. The van der Waals surface area contributed by atoms with Crippen LogP contribution in [0.1, 0.15) is 39.0 Å². The largest absolute Gasteiger partial charge is 0.480 e. The van der Waals surface area contributed by atoms with Gasteiger partial charge in [0.2, 0.25) is 5.91 Å². The van der Waals surface area contributed by atoms with E-state index in [-0.39, 0.29) is 12.4 Å². The smallest absolute Gasteiger partial charge is 0.389 e. The third kappa shape index (κ3) is 3.85. The van der Waals surface area contributed by atoms with Gasteiger partial charge in [0.25, 0.3) is 0 Å². The summed E-state index contributed by atoms with van der Waals surface area (Å²) in [5, 5.41) is 26.3. The molecule has 0 aliphatic heterocycles. The minimum absolute atomic E-state index is 0.250. The summed E-state index contributed by atoms with van der Waals surface area (Å²) in [4.78, 5) is 33.7. The fourth-order valence-corrected chi connectivity index (χ4v) is 2.96. The van der Waals surface area contributed by atoms with E-state index in [0.29, 0.717) is 18.8 Å². The van der Waals surface area contributed by atoms with Crippen LogP contribution in [-0.2, 0) is 16.1 Å². The number of carboxylic acids is 1. The average molecular weight is 324 g/mol. The van der Waals surface area contributed by atoms with E-state index in [0.717, 1.165) is 23.9 Å². The van der Waals surface area contributed by atoms with Crippen LogP contribution in [0.25, 0.3) is 0 Å². The van der Waals surface area contributed by atoms with Crippen LogP contribution in [0.2, 0.25) is 0 Å². The van der Waals surface area contributed by atoms with Gasteiger partial charge in [0.15, 0.2) is 0 Å². The van der Waals surface area contributed by atoms with Crippen LogP contribution >= 0.6 is 0 Å². The minimum atomic E-state index is -1.25. The molecule has 2 N–H and O–H groups in total. The number of nitrogens with zero attached hydrogens (tertiary/aromatic N) is 3. The molecule has 1 heterocycles. The summed E-state index contributed by atoms with van der Waals surface area (Å²) in [5.74, 6) is -1.41. The standard InChI is InChI=1S/C14H20N4O5/c1-2-10-3-6-14(7-4-10,13(20)21)15-12(19)9-17-8-5-11(16-17)18(22)23/h5,8,10H,2-4,6-7,9H2,1H3,(H,15,19)(H,20,21). The first-order valence-corrected chi connectivity index (χ1v) is 7.58. The number of hydrogen-bond acceptors (Lipinski definition) is 5. The van der Waals surface area contributed by atoms with Crippen molar-refractivity contribution in [3.05, 3.63) is 22.4 Å². The van der Waals surface area contributed by atoms with Crippen molar-refractivity contribution in [1.29, 1.82) is 0 Å². The quantitative estimate of drug-likeness (QED) is 0.600. The fourth-order valence-electron chi connectivity index (χ4n) is 2.96. The highest BCUT2D eigenvalue weighted by Gasteiger charge is 2.43. The number of nitrogens with one attached hydrogen (secondary N) is 1. The number of aromatic nitrogens is 2. The second kappa shape index (κ2) is 6.76. The molecule has 1 saturated carbocycles. The lowest BCUT2D eigenvalue weighted by Gasteiger charge is -2.37. The van der Waals surface area contributed by atoms with Gasteiger partial charge in [-0.2, -0.15) is 4.68 Å². The summed E-state index contributed by atoms with van der Waals surface area (Å²) < 4.78 is 1.13. The van der Waals surface area contributed by atoms with Crippen molar-refractivity contribution in [2.75, 3.05) is 0 Å². The molecule has 126 valence electrons. The Bertz CT molecular complexity index is 604. The second-order valence-electron chi connectivity index (χ2n) is 5.92. The van der Waals surface area contributed by atoms with E-state index in [1.807, 2.05) is 0 Å². The molecule has 9 heteroatoms. The van der Waals surface area contributed by atoms with Gasteiger partial charge in [-0.1, -0.05) is 13.3 Å². The molecule has 1 aliphatic rings. The number of nitro groups is 1. The summed E-state index contributed by atoms with van der Waals surface area (Å²) in [6.07, 6.45) is 4.63. The topological polar surface area (TPSA) is 127 Å². The molecule has 0 bridgehead atoms. The Labute approximate surface area is 132 Å². The van der Waals surface area contributed by atoms with E-state index in [9.17, 15) is 24.8 Å². The predicted octanol–water partition coefficient (Wildman–Crippen LogP) is 1.33. The molecule has 0 atom stereocenters. The van der Waals surface area contributed by atoms with Gasteiger partial charge < -0.3 is 20.5 Å². The highest BCUT2D eigenvalue weighted by Crippen LogP contribution is 2.34. The van der Waals surface area contributed by atoms with Crippen molar-refractivity contribution in [2.45, 2.75) is 51.1 Å². The van der Waals surface area contributed by atoms with Gasteiger partial charge in [-0.3, -0.25) is 4.79 Å². The number of carbonyl (C=O) groups excluding carboxylic acids is 1. The lowest BCUT2D eigenvalue weighted by Crippen LogP contribution is -2.57. The lowest BCUT2D eigenvalue weighted by atomic mass is 9.75. The lowest BCUT2D eigenvalue weighted by molar-refractivity contribution is -0.389. The van der Waals surface area contributed by atoms with Crippen molar-refractivity contribution in [1.82, 2.24) is 15.1 Å². The summed E-state index contributed by atoms with van der Waals surface area (Å²) >= 11 is 0. The van der Waals surface area contributed by atoms with Gasteiger partial charge in [0.1, 0.15) is 12.1 Å². The van der Waals surface area contributed by atoms with Crippen LogP contribution in [0.4, 0.5) is 5.82 Å². The Balaban J connectivity index is 2.01. The number of aliphatic carboxylic acids is 1. The van der Waals surface area contributed by atoms with Crippen molar-refractivity contribution in [3.63, 3.8) is 0 Å². The first-order valence-electron chi connectivity index (χ1n) is 7.58. The van der Waals surface area contributed by atoms with Crippen LogP contribution in [0.3, 0.4) is 0 Å². The highest BCUT2D eigenvalue weighted by atomic mass is 16.6. The Hall–Kier alpha value is -2.45. The van der Waals surface area contributed by atoms with E-state index in [1.165, 1.54) is 12.3 Å². The maximum Gasteiger partial charge on any atom is 0.389 e. The second-order valence-corrected chi connectivity index (χ2v) is 5.92. The zero-order chi connectivity index (χ0) is 17.0. The van der Waals surface area contributed by atoms with Crippen LogP contribution in [-0.4, -0.2) is 37.2 Å². The molecular formula is C14H20N4O5. The molecule has 1 fully saturated rings. The van der Waals surface area contributed by atoms with Gasteiger partial charge in [0, 0.05) is 0 Å². The molecule has 1 aromatic rings. The van der Waals surface area contributed by atoms with Crippen molar-refractivity contribution in [2.24, 2.45) is 5.92 Å². The number of hydrogen-bond donors (Lipinski definition) is 2. The van der Waals surface area contributed by atoms with Crippen LogP contribution in [0.5, 0.6) is 0 Å². The first kappa shape index (κ1) is 16.9. The zero-order valence-corrected chi connectivity index (χ0v) is 12.9. The zero-order valence-electron chi connectivity index (χ0n) is 12.9.